The van der Waals surface area contributed by atoms with Crippen molar-refractivity contribution < 1.29 is 14.7 Å². The standard InChI is InChI=1S/C21H19N7O3/c1-27-6-7-28(12-18(27)29)17-5-4-15-16(26-17)11-24-19(20(15)30)21(31)25-10-13-2-3-14(8-22)23-9-13/h2-5,9,11,30H,6-7,10,12H2,1H3,(H,25,31). The summed E-state index contributed by atoms with van der Waals surface area (Å²) in [7, 11) is 1.76. The van der Waals surface area contributed by atoms with Crippen LogP contribution in [0.3, 0.4) is 0 Å². The van der Waals surface area contributed by atoms with E-state index in [2.05, 4.69) is 20.3 Å². The van der Waals surface area contributed by atoms with Gasteiger partial charge in [0.05, 0.1) is 18.3 Å². The first-order valence-electron chi connectivity index (χ1n) is 9.57. The van der Waals surface area contributed by atoms with Crippen molar-refractivity contribution in [1.29, 1.82) is 5.26 Å². The molecule has 0 aromatic carbocycles. The Morgan fingerprint density at radius 1 is 1.23 bits per heavy atom. The normalized spacial score (nSPS) is 13.9. The summed E-state index contributed by atoms with van der Waals surface area (Å²) in [5.74, 6) is -0.182. The van der Waals surface area contributed by atoms with Crippen molar-refractivity contribution in [2.24, 2.45) is 0 Å². The smallest absolute Gasteiger partial charge is 0.274 e. The number of pyridine rings is 3. The molecule has 0 atom stereocenters. The van der Waals surface area contributed by atoms with E-state index >= 15 is 0 Å². The Morgan fingerprint density at radius 2 is 2.06 bits per heavy atom. The number of fused-ring (bicyclic) bond motifs is 1. The fourth-order valence-corrected chi connectivity index (χ4v) is 3.23. The van der Waals surface area contributed by atoms with Crippen LogP contribution in [-0.2, 0) is 11.3 Å². The van der Waals surface area contributed by atoms with Crippen LogP contribution in [0, 0.1) is 11.3 Å². The topological polar surface area (TPSA) is 135 Å². The van der Waals surface area contributed by atoms with Crippen molar-refractivity contribution in [2.45, 2.75) is 6.54 Å². The zero-order chi connectivity index (χ0) is 22.0. The Labute approximate surface area is 177 Å². The van der Waals surface area contributed by atoms with Gasteiger partial charge in [0, 0.05) is 38.3 Å². The highest BCUT2D eigenvalue weighted by Crippen LogP contribution is 2.28. The van der Waals surface area contributed by atoms with Crippen LogP contribution in [0.25, 0.3) is 10.9 Å². The largest absolute Gasteiger partial charge is 0.505 e. The number of piperazine rings is 1. The predicted molar refractivity (Wildman–Crippen MR) is 111 cm³/mol. The summed E-state index contributed by atoms with van der Waals surface area (Å²) in [6, 6.07) is 8.56. The van der Waals surface area contributed by atoms with Crippen LogP contribution >= 0.6 is 0 Å². The van der Waals surface area contributed by atoms with E-state index in [1.807, 2.05) is 11.0 Å². The molecule has 0 unspecified atom stereocenters. The summed E-state index contributed by atoms with van der Waals surface area (Å²) < 4.78 is 0. The number of nitrogens with one attached hydrogen (secondary N) is 1. The molecule has 1 saturated heterocycles. The van der Waals surface area contributed by atoms with Gasteiger partial charge in [0.1, 0.15) is 17.6 Å². The Hall–Kier alpha value is -4.26. The van der Waals surface area contributed by atoms with Crippen molar-refractivity contribution in [3.05, 3.63) is 53.6 Å². The average molecular weight is 417 g/mol. The number of hydrogen-bond donors (Lipinski definition) is 2. The number of anilines is 1. The summed E-state index contributed by atoms with van der Waals surface area (Å²) in [5, 5.41) is 22.4. The minimum absolute atomic E-state index is 0.0126. The number of hydrogen-bond acceptors (Lipinski definition) is 8. The summed E-state index contributed by atoms with van der Waals surface area (Å²) in [4.78, 5) is 40.5. The van der Waals surface area contributed by atoms with Gasteiger partial charge in [-0.15, -0.1) is 0 Å². The predicted octanol–water partition coefficient (Wildman–Crippen LogP) is 0.810. The second kappa shape index (κ2) is 8.23. The monoisotopic (exact) mass is 417 g/mol. The minimum Gasteiger partial charge on any atom is -0.505 e. The highest BCUT2D eigenvalue weighted by atomic mass is 16.3. The van der Waals surface area contributed by atoms with Crippen molar-refractivity contribution >= 4 is 28.5 Å². The van der Waals surface area contributed by atoms with Gasteiger partial charge in [-0.2, -0.15) is 5.26 Å². The molecule has 2 N–H and O–H groups in total. The van der Waals surface area contributed by atoms with E-state index in [0.717, 1.165) is 0 Å². The molecule has 4 rings (SSSR count). The Bertz CT molecular complexity index is 1200. The van der Waals surface area contributed by atoms with E-state index in [1.165, 1.54) is 12.4 Å². The third-order valence-electron chi connectivity index (χ3n) is 5.09. The molecule has 3 aromatic heterocycles. The van der Waals surface area contributed by atoms with Crippen molar-refractivity contribution in [1.82, 2.24) is 25.2 Å². The molecule has 156 valence electrons. The number of nitriles is 1. The molecule has 0 saturated carbocycles. The maximum absolute atomic E-state index is 12.5. The van der Waals surface area contributed by atoms with Gasteiger partial charge in [-0.25, -0.2) is 15.0 Å². The van der Waals surface area contributed by atoms with Crippen molar-refractivity contribution in [2.75, 3.05) is 31.6 Å². The summed E-state index contributed by atoms with van der Waals surface area (Å²) in [6.45, 7) is 1.67. The number of amides is 2. The maximum Gasteiger partial charge on any atom is 0.274 e. The lowest BCUT2D eigenvalue weighted by molar-refractivity contribution is -0.129. The molecule has 0 radical (unpaired) electrons. The molecule has 2 amide bonds. The lowest BCUT2D eigenvalue weighted by Gasteiger charge is -2.32. The zero-order valence-electron chi connectivity index (χ0n) is 16.7. The zero-order valence-corrected chi connectivity index (χ0v) is 16.7. The lowest BCUT2D eigenvalue weighted by Crippen LogP contribution is -2.48. The average Bonchev–Trinajstić information content (AvgIpc) is 2.79. The second-order valence-corrected chi connectivity index (χ2v) is 7.14. The van der Waals surface area contributed by atoms with E-state index in [4.69, 9.17) is 5.26 Å². The Kier molecular flexibility index (Phi) is 5.32. The van der Waals surface area contributed by atoms with Crippen LogP contribution in [0.1, 0.15) is 21.7 Å². The molecular weight excluding hydrogens is 398 g/mol. The quantitative estimate of drug-likeness (QED) is 0.637. The number of nitrogens with zero attached hydrogens (tertiary/aromatic N) is 6. The molecule has 1 aliphatic rings. The number of carbonyl (C=O) groups excluding carboxylic acids is 2. The van der Waals surface area contributed by atoms with Crippen LogP contribution in [0.5, 0.6) is 5.75 Å². The number of carbonyl (C=O) groups is 2. The fraction of sp³-hybridized carbons (Fsp3) is 0.238. The van der Waals surface area contributed by atoms with Crippen LogP contribution in [0.2, 0.25) is 0 Å². The first-order valence-corrected chi connectivity index (χ1v) is 9.57. The lowest BCUT2D eigenvalue weighted by atomic mass is 10.2. The summed E-state index contributed by atoms with van der Waals surface area (Å²) >= 11 is 0. The number of aromatic hydroxyl groups is 1. The Morgan fingerprint density at radius 3 is 2.77 bits per heavy atom. The van der Waals surface area contributed by atoms with E-state index in [9.17, 15) is 14.7 Å². The van der Waals surface area contributed by atoms with Crippen LogP contribution in [-0.4, -0.2) is 63.5 Å². The molecule has 31 heavy (non-hydrogen) atoms. The van der Waals surface area contributed by atoms with Crippen molar-refractivity contribution in [3.8, 4) is 11.8 Å². The fourth-order valence-electron chi connectivity index (χ4n) is 3.23. The minimum atomic E-state index is -0.544. The molecular formula is C21H19N7O3. The molecule has 0 bridgehead atoms. The van der Waals surface area contributed by atoms with Crippen LogP contribution in [0.4, 0.5) is 5.82 Å². The molecule has 0 aliphatic carbocycles. The van der Waals surface area contributed by atoms with E-state index in [1.54, 1.807) is 36.2 Å². The van der Waals surface area contributed by atoms with Crippen LogP contribution in [0.15, 0.2) is 36.7 Å². The maximum atomic E-state index is 12.5. The van der Waals surface area contributed by atoms with Gasteiger partial charge in [-0.3, -0.25) is 9.59 Å². The third-order valence-corrected chi connectivity index (χ3v) is 5.09. The molecule has 1 aliphatic heterocycles. The molecule has 1 fully saturated rings. The van der Waals surface area contributed by atoms with Crippen molar-refractivity contribution in [3.63, 3.8) is 0 Å². The first kappa shape index (κ1) is 20.0. The van der Waals surface area contributed by atoms with Gasteiger partial charge in [0.25, 0.3) is 5.91 Å². The highest BCUT2D eigenvalue weighted by Gasteiger charge is 2.23. The van der Waals surface area contributed by atoms with Gasteiger partial charge in [-0.1, -0.05) is 6.07 Å². The molecule has 4 heterocycles. The molecule has 10 nitrogen and oxygen atoms in total. The number of aromatic nitrogens is 3. The van der Waals surface area contributed by atoms with E-state index in [-0.39, 0.29) is 36.1 Å². The number of rotatable bonds is 4. The summed E-state index contributed by atoms with van der Waals surface area (Å²) in [5.41, 5.74) is 1.31. The number of likely N-dealkylation sites (N-methyl/N-ethyl adjacent to an activating group) is 1. The van der Waals surface area contributed by atoms with E-state index < -0.39 is 5.91 Å². The van der Waals surface area contributed by atoms with Gasteiger partial charge in [-0.05, 0) is 23.8 Å². The SMILES string of the molecule is CN1CCN(c2ccc3c(O)c(C(=O)NCc4ccc(C#N)nc4)ncc3n2)CC1=O. The van der Waals surface area contributed by atoms with Gasteiger partial charge < -0.3 is 20.2 Å². The Balaban J connectivity index is 1.51. The molecule has 0 spiro atoms. The van der Waals surface area contributed by atoms with Crippen LogP contribution < -0.4 is 10.2 Å². The highest BCUT2D eigenvalue weighted by molar-refractivity contribution is 6.00. The summed E-state index contributed by atoms with van der Waals surface area (Å²) in [6.07, 6.45) is 2.93. The van der Waals surface area contributed by atoms with Gasteiger partial charge in [0.15, 0.2) is 11.4 Å². The molecule has 10 heteroatoms. The third kappa shape index (κ3) is 4.06. The second-order valence-electron chi connectivity index (χ2n) is 7.14. The first-order chi connectivity index (χ1) is 15.0. The van der Waals surface area contributed by atoms with Gasteiger partial charge in [0.2, 0.25) is 5.91 Å². The molecule has 3 aromatic rings. The van der Waals surface area contributed by atoms with Gasteiger partial charge >= 0.3 is 0 Å². The van der Waals surface area contributed by atoms with E-state index in [0.29, 0.717) is 35.4 Å².